The molecule has 3 N–H and O–H groups in total. The molecule has 2 rings (SSSR count). The van der Waals surface area contributed by atoms with Crippen LogP contribution in [0.2, 0.25) is 0 Å². The lowest BCUT2D eigenvalue weighted by atomic mass is 10.2. The second kappa shape index (κ2) is 6.56. The zero-order chi connectivity index (χ0) is 17.2. The second-order valence-electron chi connectivity index (χ2n) is 4.99. The summed E-state index contributed by atoms with van der Waals surface area (Å²) in [5.41, 5.74) is 5.89. The number of halogens is 2. The summed E-state index contributed by atoms with van der Waals surface area (Å²) in [5, 5.41) is 3.48. The molecule has 0 bridgehead atoms. The number of aromatic nitrogens is 3. The van der Waals surface area contributed by atoms with Gasteiger partial charge in [-0.2, -0.15) is 18.6 Å². The van der Waals surface area contributed by atoms with Gasteiger partial charge in [-0.3, -0.25) is 9.88 Å². The van der Waals surface area contributed by atoms with E-state index in [4.69, 9.17) is 5.73 Å². The van der Waals surface area contributed by atoms with Gasteiger partial charge in [0.15, 0.2) is 0 Å². The third kappa shape index (κ3) is 4.00. The Bertz CT molecular complexity index is 791. The van der Waals surface area contributed by atoms with E-state index in [0.29, 0.717) is 4.68 Å². The Balaban J connectivity index is 2.49. The van der Waals surface area contributed by atoms with Crippen molar-refractivity contribution in [2.75, 3.05) is 26.5 Å². The number of sulfonamides is 1. The summed E-state index contributed by atoms with van der Waals surface area (Å²) in [5.74, 6) is 0. The highest BCUT2D eigenvalue weighted by atomic mass is 32.2. The lowest BCUT2D eigenvalue weighted by molar-refractivity contribution is 0.0566. The highest BCUT2D eigenvalue weighted by Gasteiger charge is 2.22. The lowest BCUT2D eigenvalue weighted by Crippen LogP contribution is -2.33. The van der Waals surface area contributed by atoms with Crippen molar-refractivity contribution >= 4 is 15.7 Å². The summed E-state index contributed by atoms with van der Waals surface area (Å²) in [6.45, 7) is -2.77. The Hall–Kier alpha value is -2.11. The van der Waals surface area contributed by atoms with E-state index in [-0.39, 0.29) is 28.5 Å². The van der Waals surface area contributed by atoms with Gasteiger partial charge in [0.2, 0.25) is 10.0 Å². The standard InChI is InChI=1S/C12H16F2N6O2S/c1-19(2)7-18-23(21,22)10-3-9(15)5-16-11(10)8-4-17-20(6-8)12(13)14/h3-6,12,18H,7,15H2,1-2H3. The summed E-state index contributed by atoms with van der Waals surface area (Å²) >= 11 is 0. The molecular weight excluding hydrogens is 330 g/mol. The number of anilines is 1. The van der Waals surface area contributed by atoms with Crippen molar-refractivity contribution in [3.8, 4) is 11.3 Å². The molecular formula is C12H16F2N6O2S. The van der Waals surface area contributed by atoms with Crippen LogP contribution in [0.25, 0.3) is 11.3 Å². The fourth-order valence-corrected chi connectivity index (χ4v) is 3.04. The van der Waals surface area contributed by atoms with E-state index >= 15 is 0 Å². The molecule has 0 aliphatic carbocycles. The Morgan fingerprint density at radius 2 is 2.09 bits per heavy atom. The predicted octanol–water partition coefficient (Wildman–Crippen LogP) is 0.720. The first-order valence-electron chi connectivity index (χ1n) is 6.43. The largest absolute Gasteiger partial charge is 0.397 e. The fraction of sp³-hybridized carbons (Fsp3) is 0.333. The maximum absolute atomic E-state index is 12.6. The Kier molecular flexibility index (Phi) is 4.92. The Morgan fingerprint density at radius 1 is 1.39 bits per heavy atom. The van der Waals surface area contributed by atoms with Crippen LogP contribution in [0.4, 0.5) is 14.5 Å². The maximum atomic E-state index is 12.6. The average molecular weight is 346 g/mol. The van der Waals surface area contributed by atoms with E-state index in [1.165, 1.54) is 12.3 Å². The molecule has 2 aromatic rings. The van der Waals surface area contributed by atoms with Gasteiger partial charge >= 0.3 is 6.55 Å². The molecule has 8 nitrogen and oxygen atoms in total. The minimum Gasteiger partial charge on any atom is -0.397 e. The molecule has 0 fully saturated rings. The van der Waals surface area contributed by atoms with Gasteiger partial charge in [0.05, 0.1) is 30.4 Å². The van der Waals surface area contributed by atoms with Crippen LogP contribution in [-0.4, -0.2) is 48.8 Å². The number of pyridine rings is 1. The van der Waals surface area contributed by atoms with E-state index in [9.17, 15) is 17.2 Å². The Morgan fingerprint density at radius 3 is 2.65 bits per heavy atom. The van der Waals surface area contributed by atoms with Gasteiger partial charge < -0.3 is 5.73 Å². The zero-order valence-corrected chi connectivity index (χ0v) is 13.3. The molecule has 0 unspecified atom stereocenters. The van der Waals surface area contributed by atoms with Crippen molar-refractivity contribution in [2.45, 2.75) is 11.4 Å². The summed E-state index contributed by atoms with van der Waals surface area (Å²) in [6, 6.07) is 1.22. The van der Waals surface area contributed by atoms with Crippen molar-refractivity contribution in [3.63, 3.8) is 0 Å². The first-order valence-corrected chi connectivity index (χ1v) is 7.91. The molecule has 11 heteroatoms. The topological polar surface area (TPSA) is 106 Å². The molecule has 2 heterocycles. The van der Waals surface area contributed by atoms with Gasteiger partial charge in [0.25, 0.3) is 0 Å². The van der Waals surface area contributed by atoms with E-state index < -0.39 is 16.6 Å². The van der Waals surface area contributed by atoms with Crippen LogP contribution >= 0.6 is 0 Å². The molecule has 23 heavy (non-hydrogen) atoms. The first kappa shape index (κ1) is 17.2. The number of nitrogens with one attached hydrogen (secondary N) is 1. The summed E-state index contributed by atoms with van der Waals surface area (Å²) in [4.78, 5) is 5.37. The average Bonchev–Trinajstić information content (AvgIpc) is 2.95. The zero-order valence-electron chi connectivity index (χ0n) is 12.4. The molecule has 0 amide bonds. The highest BCUT2D eigenvalue weighted by molar-refractivity contribution is 7.89. The van der Waals surface area contributed by atoms with Gasteiger partial charge in [-0.15, -0.1) is 0 Å². The van der Waals surface area contributed by atoms with E-state index in [1.54, 1.807) is 19.0 Å². The molecule has 0 saturated heterocycles. The SMILES string of the molecule is CN(C)CNS(=O)(=O)c1cc(N)cnc1-c1cnn(C(F)F)c1. The van der Waals surface area contributed by atoms with Crippen molar-refractivity contribution in [2.24, 2.45) is 0 Å². The van der Waals surface area contributed by atoms with Gasteiger partial charge in [-0.1, -0.05) is 0 Å². The number of nitrogen functional groups attached to an aromatic ring is 1. The van der Waals surface area contributed by atoms with Crippen LogP contribution in [0.3, 0.4) is 0 Å². The van der Waals surface area contributed by atoms with E-state index in [1.807, 2.05) is 0 Å². The number of rotatable bonds is 6. The molecule has 0 radical (unpaired) electrons. The van der Waals surface area contributed by atoms with Gasteiger partial charge in [0.1, 0.15) is 4.90 Å². The number of hydrogen-bond donors (Lipinski definition) is 2. The van der Waals surface area contributed by atoms with Crippen molar-refractivity contribution in [3.05, 3.63) is 24.7 Å². The number of nitrogens with two attached hydrogens (primary N) is 1. The van der Waals surface area contributed by atoms with E-state index in [2.05, 4.69) is 14.8 Å². The minimum absolute atomic E-state index is 0.00245. The summed E-state index contributed by atoms with van der Waals surface area (Å²) in [7, 11) is -0.550. The van der Waals surface area contributed by atoms with Crippen LogP contribution < -0.4 is 10.5 Å². The van der Waals surface area contributed by atoms with Gasteiger partial charge in [0, 0.05) is 11.8 Å². The predicted molar refractivity (Wildman–Crippen MR) is 80.0 cm³/mol. The number of alkyl halides is 2. The molecule has 0 aliphatic rings. The summed E-state index contributed by atoms with van der Waals surface area (Å²) < 4.78 is 52.9. The van der Waals surface area contributed by atoms with Crippen LogP contribution in [-0.2, 0) is 10.0 Å². The lowest BCUT2D eigenvalue weighted by Gasteiger charge is -2.13. The van der Waals surface area contributed by atoms with Crippen molar-refractivity contribution in [1.29, 1.82) is 0 Å². The second-order valence-corrected chi connectivity index (χ2v) is 6.72. The monoisotopic (exact) mass is 346 g/mol. The third-order valence-corrected chi connectivity index (χ3v) is 4.21. The molecule has 126 valence electrons. The Labute approximate surface area is 132 Å². The molecule has 0 aliphatic heterocycles. The normalized spacial score (nSPS) is 12.3. The van der Waals surface area contributed by atoms with Gasteiger partial charge in [-0.05, 0) is 20.2 Å². The van der Waals surface area contributed by atoms with Crippen LogP contribution in [0.1, 0.15) is 6.55 Å². The van der Waals surface area contributed by atoms with Gasteiger partial charge in [-0.25, -0.2) is 13.1 Å². The van der Waals surface area contributed by atoms with Crippen LogP contribution in [0.5, 0.6) is 0 Å². The first-order chi connectivity index (χ1) is 10.7. The highest BCUT2D eigenvalue weighted by Crippen LogP contribution is 2.27. The molecule has 0 aromatic carbocycles. The summed E-state index contributed by atoms with van der Waals surface area (Å²) in [6.07, 6.45) is 3.39. The number of nitrogens with zero attached hydrogens (tertiary/aromatic N) is 4. The molecule has 0 saturated carbocycles. The number of hydrogen-bond acceptors (Lipinski definition) is 6. The van der Waals surface area contributed by atoms with E-state index in [0.717, 1.165) is 12.4 Å². The van der Waals surface area contributed by atoms with Crippen LogP contribution in [0, 0.1) is 0 Å². The minimum atomic E-state index is -3.93. The maximum Gasteiger partial charge on any atom is 0.333 e. The smallest absolute Gasteiger partial charge is 0.333 e. The van der Waals surface area contributed by atoms with Crippen molar-refractivity contribution < 1.29 is 17.2 Å². The molecule has 2 aromatic heterocycles. The van der Waals surface area contributed by atoms with Crippen molar-refractivity contribution in [1.82, 2.24) is 24.4 Å². The van der Waals surface area contributed by atoms with Crippen LogP contribution in [0.15, 0.2) is 29.6 Å². The fourth-order valence-electron chi connectivity index (χ4n) is 1.74. The quantitative estimate of drug-likeness (QED) is 0.747. The third-order valence-electron chi connectivity index (χ3n) is 2.81. The molecule has 0 spiro atoms. The molecule has 0 atom stereocenters.